The number of hydrogen-bond donors (Lipinski definition) is 1. The zero-order valence-electron chi connectivity index (χ0n) is 10.3. The van der Waals surface area contributed by atoms with Crippen LogP contribution in [0.15, 0.2) is 36.4 Å². The van der Waals surface area contributed by atoms with Crippen molar-refractivity contribution in [1.82, 2.24) is 0 Å². The zero-order valence-corrected chi connectivity index (χ0v) is 11.8. The molecule has 0 fully saturated rings. The minimum absolute atomic E-state index is 0.0916. The van der Waals surface area contributed by atoms with Gasteiger partial charge in [-0.2, -0.15) is 0 Å². The number of aliphatic hydroxyl groups excluding tert-OH is 1. The Kier molecular flexibility index (Phi) is 4.46. The molecule has 0 aromatic heterocycles. The van der Waals surface area contributed by atoms with E-state index in [0.717, 1.165) is 5.56 Å². The molecule has 2 rings (SSSR count). The molecule has 100 valence electrons. The summed E-state index contributed by atoms with van der Waals surface area (Å²) in [6, 6.07) is 9.83. The summed E-state index contributed by atoms with van der Waals surface area (Å²) in [4.78, 5) is 0. The molecule has 0 aliphatic heterocycles. The van der Waals surface area contributed by atoms with Gasteiger partial charge in [-0.05, 0) is 36.2 Å². The molecule has 0 heterocycles. The van der Waals surface area contributed by atoms with E-state index in [1.165, 1.54) is 12.1 Å². The van der Waals surface area contributed by atoms with E-state index >= 15 is 0 Å². The Balaban J connectivity index is 2.28. The third-order valence-electron chi connectivity index (χ3n) is 2.97. The van der Waals surface area contributed by atoms with E-state index in [1.54, 1.807) is 18.2 Å². The Bertz CT molecular complexity index is 578. The normalized spacial score (nSPS) is 12.5. The number of hydrogen-bond acceptors (Lipinski definition) is 1. The first-order valence-corrected chi connectivity index (χ1v) is 6.61. The van der Waals surface area contributed by atoms with Gasteiger partial charge in [-0.1, -0.05) is 41.4 Å². The standard InChI is InChI=1S/C15H13Cl2FO/c1-9-5-6-10(13(17)7-9)15(19)8-11-12(16)3-2-4-14(11)18/h2-7,15,19H,8H2,1H3. The van der Waals surface area contributed by atoms with Crippen LogP contribution in [0, 0.1) is 12.7 Å². The maximum absolute atomic E-state index is 13.7. The largest absolute Gasteiger partial charge is 0.388 e. The van der Waals surface area contributed by atoms with Gasteiger partial charge in [-0.25, -0.2) is 4.39 Å². The molecule has 1 atom stereocenters. The average Bonchev–Trinajstić information content (AvgIpc) is 2.33. The highest BCUT2D eigenvalue weighted by Gasteiger charge is 2.16. The van der Waals surface area contributed by atoms with Crippen LogP contribution >= 0.6 is 23.2 Å². The highest BCUT2D eigenvalue weighted by atomic mass is 35.5. The van der Waals surface area contributed by atoms with Gasteiger partial charge in [0.2, 0.25) is 0 Å². The molecule has 0 bridgehead atoms. The molecule has 2 aromatic rings. The van der Waals surface area contributed by atoms with Crippen molar-refractivity contribution in [2.45, 2.75) is 19.4 Å². The molecule has 0 aliphatic rings. The second kappa shape index (κ2) is 5.91. The summed E-state index contributed by atoms with van der Waals surface area (Å²) >= 11 is 12.0. The summed E-state index contributed by atoms with van der Waals surface area (Å²) < 4.78 is 13.7. The van der Waals surface area contributed by atoms with E-state index in [9.17, 15) is 9.50 Å². The monoisotopic (exact) mass is 298 g/mol. The fourth-order valence-electron chi connectivity index (χ4n) is 1.93. The fourth-order valence-corrected chi connectivity index (χ4v) is 2.53. The van der Waals surface area contributed by atoms with E-state index in [1.807, 2.05) is 13.0 Å². The SMILES string of the molecule is Cc1ccc(C(O)Cc2c(F)cccc2Cl)c(Cl)c1. The van der Waals surface area contributed by atoms with Crippen molar-refractivity contribution in [1.29, 1.82) is 0 Å². The number of aryl methyl sites for hydroxylation is 1. The predicted molar refractivity (Wildman–Crippen MR) is 76.3 cm³/mol. The zero-order chi connectivity index (χ0) is 14.0. The first-order valence-electron chi connectivity index (χ1n) is 5.86. The van der Waals surface area contributed by atoms with Crippen molar-refractivity contribution in [3.63, 3.8) is 0 Å². The summed E-state index contributed by atoms with van der Waals surface area (Å²) in [6.45, 7) is 1.91. The molecule has 0 spiro atoms. The van der Waals surface area contributed by atoms with Crippen LogP contribution in [0.4, 0.5) is 4.39 Å². The van der Waals surface area contributed by atoms with Gasteiger partial charge in [0.25, 0.3) is 0 Å². The molecule has 19 heavy (non-hydrogen) atoms. The molecule has 2 aromatic carbocycles. The van der Waals surface area contributed by atoms with Gasteiger partial charge < -0.3 is 5.11 Å². The van der Waals surface area contributed by atoms with Crippen molar-refractivity contribution in [3.8, 4) is 0 Å². The summed E-state index contributed by atoms with van der Waals surface area (Å²) in [7, 11) is 0. The topological polar surface area (TPSA) is 20.2 Å². The second-order valence-corrected chi connectivity index (χ2v) is 5.26. The Morgan fingerprint density at radius 2 is 1.89 bits per heavy atom. The lowest BCUT2D eigenvalue weighted by atomic mass is 10.00. The lowest BCUT2D eigenvalue weighted by Gasteiger charge is -2.14. The van der Waals surface area contributed by atoms with Crippen LogP contribution in [-0.4, -0.2) is 5.11 Å². The summed E-state index contributed by atoms with van der Waals surface area (Å²) in [5, 5.41) is 11.0. The molecule has 0 aliphatic carbocycles. The number of rotatable bonds is 3. The van der Waals surface area contributed by atoms with Crippen LogP contribution in [0.1, 0.15) is 22.8 Å². The van der Waals surface area contributed by atoms with Crippen molar-refractivity contribution in [3.05, 3.63) is 69.0 Å². The quantitative estimate of drug-likeness (QED) is 0.869. The Morgan fingerprint density at radius 3 is 2.53 bits per heavy atom. The minimum atomic E-state index is -0.887. The van der Waals surface area contributed by atoms with E-state index in [2.05, 4.69) is 0 Å². The van der Waals surface area contributed by atoms with Crippen LogP contribution in [0.25, 0.3) is 0 Å². The van der Waals surface area contributed by atoms with Gasteiger partial charge in [-0.15, -0.1) is 0 Å². The number of halogens is 3. The maximum Gasteiger partial charge on any atom is 0.127 e. The molecular weight excluding hydrogens is 286 g/mol. The van der Waals surface area contributed by atoms with Gasteiger partial charge in [0.05, 0.1) is 6.10 Å². The number of aliphatic hydroxyl groups is 1. The average molecular weight is 299 g/mol. The lowest BCUT2D eigenvalue weighted by Crippen LogP contribution is -2.05. The maximum atomic E-state index is 13.7. The van der Waals surface area contributed by atoms with E-state index in [-0.39, 0.29) is 6.42 Å². The van der Waals surface area contributed by atoms with Crippen LogP contribution in [0.3, 0.4) is 0 Å². The Labute approximate surface area is 121 Å². The van der Waals surface area contributed by atoms with Crippen molar-refractivity contribution >= 4 is 23.2 Å². The van der Waals surface area contributed by atoms with Crippen LogP contribution in [0.2, 0.25) is 10.0 Å². The van der Waals surface area contributed by atoms with Gasteiger partial charge in [-0.3, -0.25) is 0 Å². The van der Waals surface area contributed by atoms with E-state index < -0.39 is 11.9 Å². The van der Waals surface area contributed by atoms with Crippen molar-refractivity contribution in [2.75, 3.05) is 0 Å². The molecule has 0 saturated carbocycles. The van der Waals surface area contributed by atoms with Gasteiger partial charge in [0.1, 0.15) is 5.82 Å². The van der Waals surface area contributed by atoms with Gasteiger partial charge in [0, 0.05) is 22.0 Å². The summed E-state index contributed by atoms with van der Waals surface area (Å²) in [5.41, 5.74) is 1.88. The smallest absolute Gasteiger partial charge is 0.127 e. The first-order chi connectivity index (χ1) is 8.99. The van der Waals surface area contributed by atoms with Crippen LogP contribution in [-0.2, 0) is 6.42 Å². The molecule has 4 heteroatoms. The minimum Gasteiger partial charge on any atom is -0.388 e. The highest BCUT2D eigenvalue weighted by molar-refractivity contribution is 6.31. The third-order valence-corrected chi connectivity index (χ3v) is 3.66. The van der Waals surface area contributed by atoms with Crippen LogP contribution in [0.5, 0.6) is 0 Å². The van der Waals surface area contributed by atoms with E-state index in [0.29, 0.717) is 21.2 Å². The van der Waals surface area contributed by atoms with Gasteiger partial charge >= 0.3 is 0 Å². The van der Waals surface area contributed by atoms with Crippen molar-refractivity contribution in [2.24, 2.45) is 0 Å². The second-order valence-electron chi connectivity index (χ2n) is 4.45. The molecule has 0 saturated heterocycles. The molecule has 0 radical (unpaired) electrons. The molecule has 1 nitrogen and oxygen atoms in total. The molecule has 0 amide bonds. The fraction of sp³-hybridized carbons (Fsp3) is 0.200. The highest BCUT2D eigenvalue weighted by Crippen LogP contribution is 2.29. The lowest BCUT2D eigenvalue weighted by molar-refractivity contribution is 0.177. The number of benzene rings is 2. The summed E-state index contributed by atoms with van der Waals surface area (Å²) in [5.74, 6) is -0.421. The molecular formula is C15H13Cl2FO. The Morgan fingerprint density at radius 1 is 1.16 bits per heavy atom. The molecule has 1 unspecified atom stereocenters. The van der Waals surface area contributed by atoms with E-state index in [4.69, 9.17) is 23.2 Å². The summed E-state index contributed by atoms with van der Waals surface area (Å²) in [6.07, 6.45) is -0.795. The van der Waals surface area contributed by atoms with Crippen molar-refractivity contribution < 1.29 is 9.50 Å². The first kappa shape index (κ1) is 14.3. The third kappa shape index (κ3) is 3.27. The van der Waals surface area contributed by atoms with Gasteiger partial charge in [0.15, 0.2) is 0 Å². The van der Waals surface area contributed by atoms with Crippen LogP contribution < -0.4 is 0 Å². The predicted octanol–water partition coefficient (Wildman–Crippen LogP) is 4.72. The molecule has 1 N–H and O–H groups in total. The Hall–Kier alpha value is -1.09.